The van der Waals surface area contributed by atoms with Crippen LogP contribution in [0.15, 0.2) is 60.7 Å². The Morgan fingerprint density at radius 2 is 1.00 bits per heavy atom. The molecule has 0 bridgehead atoms. The average molecular weight is 329 g/mol. The van der Waals surface area contributed by atoms with Crippen molar-refractivity contribution < 1.29 is 0 Å². The van der Waals surface area contributed by atoms with E-state index in [9.17, 15) is 0 Å². The second-order valence-corrected chi connectivity index (χ2v) is 5.83. The maximum atomic E-state index is 6.15. The molecular formula is C18H14Cl2N2. The van der Waals surface area contributed by atoms with Crippen LogP contribution in [0, 0.1) is 0 Å². The van der Waals surface area contributed by atoms with Crippen molar-refractivity contribution in [2.45, 2.75) is 0 Å². The predicted octanol–water partition coefficient (Wildman–Crippen LogP) is 5.49. The smallest absolute Gasteiger partial charge is 0.0641 e. The summed E-state index contributed by atoms with van der Waals surface area (Å²) in [6, 6.07) is 19.3. The van der Waals surface area contributed by atoms with Crippen molar-refractivity contribution in [3.8, 4) is 22.3 Å². The van der Waals surface area contributed by atoms with Gasteiger partial charge >= 0.3 is 0 Å². The van der Waals surface area contributed by atoms with E-state index in [-0.39, 0.29) is 0 Å². The molecule has 0 fully saturated rings. The zero-order valence-corrected chi connectivity index (χ0v) is 13.2. The SMILES string of the molecule is Nc1ccc(-c2ccccc2-c2ccc(N)c(Cl)c2)cc1Cl. The summed E-state index contributed by atoms with van der Waals surface area (Å²) in [5.74, 6) is 0. The van der Waals surface area contributed by atoms with Gasteiger partial charge in [0.2, 0.25) is 0 Å². The summed E-state index contributed by atoms with van der Waals surface area (Å²) >= 11 is 12.3. The third-order valence-electron chi connectivity index (χ3n) is 3.55. The van der Waals surface area contributed by atoms with Crippen molar-refractivity contribution in [1.29, 1.82) is 0 Å². The minimum Gasteiger partial charge on any atom is -0.398 e. The Balaban J connectivity index is 2.17. The molecule has 0 unspecified atom stereocenters. The summed E-state index contributed by atoms with van der Waals surface area (Å²) in [4.78, 5) is 0. The van der Waals surface area contributed by atoms with E-state index in [0.717, 1.165) is 22.3 Å². The van der Waals surface area contributed by atoms with Crippen molar-refractivity contribution in [2.24, 2.45) is 0 Å². The molecule has 0 heterocycles. The number of anilines is 2. The molecule has 4 N–H and O–H groups in total. The van der Waals surface area contributed by atoms with E-state index >= 15 is 0 Å². The molecule has 4 heteroatoms. The lowest BCUT2D eigenvalue weighted by Gasteiger charge is -2.12. The number of halogens is 2. The van der Waals surface area contributed by atoms with Crippen LogP contribution in [0.3, 0.4) is 0 Å². The van der Waals surface area contributed by atoms with E-state index in [0.29, 0.717) is 21.4 Å². The van der Waals surface area contributed by atoms with Crippen LogP contribution < -0.4 is 11.5 Å². The van der Waals surface area contributed by atoms with Gasteiger partial charge in [0.05, 0.1) is 21.4 Å². The lowest BCUT2D eigenvalue weighted by Crippen LogP contribution is -1.90. The Hall–Kier alpha value is -2.16. The van der Waals surface area contributed by atoms with Crippen LogP contribution in [-0.4, -0.2) is 0 Å². The summed E-state index contributed by atoms with van der Waals surface area (Å²) in [6.07, 6.45) is 0. The summed E-state index contributed by atoms with van der Waals surface area (Å²) in [5, 5.41) is 1.09. The van der Waals surface area contributed by atoms with Gasteiger partial charge in [-0.25, -0.2) is 0 Å². The fourth-order valence-electron chi connectivity index (χ4n) is 2.38. The first kappa shape index (κ1) is 14.8. The van der Waals surface area contributed by atoms with Gasteiger partial charge in [0.15, 0.2) is 0 Å². The van der Waals surface area contributed by atoms with Crippen LogP contribution in [0.25, 0.3) is 22.3 Å². The Kier molecular flexibility index (Phi) is 3.97. The van der Waals surface area contributed by atoms with Crippen LogP contribution in [-0.2, 0) is 0 Å². The molecule has 0 aromatic heterocycles. The normalized spacial score (nSPS) is 10.6. The first-order chi connectivity index (χ1) is 10.6. The van der Waals surface area contributed by atoms with E-state index < -0.39 is 0 Å². The molecule has 0 aliphatic rings. The third kappa shape index (κ3) is 2.76. The van der Waals surface area contributed by atoms with Gasteiger partial charge in [0, 0.05) is 0 Å². The highest BCUT2D eigenvalue weighted by atomic mass is 35.5. The number of nitrogens with two attached hydrogens (primary N) is 2. The minimum absolute atomic E-state index is 0.544. The average Bonchev–Trinajstić information content (AvgIpc) is 2.53. The van der Waals surface area contributed by atoms with Gasteiger partial charge in [0.25, 0.3) is 0 Å². The summed E-state index contributed by atoms with van der Waals surface area (Å²) in [6.45, 7) is 0. The Morgan fingerprint density at radius 1 is 0.591 bits per heavy atom. The Bertz CT molecular complexity index is 774. The molecule has 2 nitrogen and oxygen atoms in total. The van der Waals surface area contributed by atoms with Crippen LogP contribution >= 0.6 is 23.2 Å². The van der Waals surface area contributed by atoms with Crippen molar-refractivity contribution in [3.63, 3.8) is 0 Å². The number of hydrogen-bond acceptors (Lipinski definition) is 2. The monoisotopic (exact) mass is 328 g/mol. The first-order valence-corrected chi connectivity index (χ1v) is 7.51. The van der Waals surface area contributed by atoms with Crippen LogP contribution in [0.1, 0.15) is 0 Å². The molecular weight excluding hydrogens is 315 g/mol. The zero-order valence-electron chi connectivity index (χ0n) is 11.7. The molecule has 3 aromatic carbocycles. The fraction of sp³-hybridized carbons (Fsp3) is 0. The van der Waals surface area contributed by atoms with Gasteiger partial charge in [-0.2, -0.15) is 0 Å². The summed E-state index contributed by atoms with van der Waals surface area (Å²) in [5.41, 5.74) is 16.8. The molecule has 0 aliphatic carbocycles. The van der Waals surface area contributed by atoms with Crippen molar-refractivity contribution >= 4 is 34.6 Å². The molecule has 110 valence electrons. The maximum Gasteiger partial charge on any atom is 0.0641 e. The number of nitrogen functional groups attached to an aromatic ring is 2. The van der Waals surface area contributed by atoms with Gasteiger partial charge in [-0.05, 0) is 46.5 Å². The lowest BCUT2D eigenvalue weighted by molar-refractivity contribution is 1.57. The molecule has 0 radical (unpaired) electrons. The van der Waals surface area contributed by atoms with Gasteiger partial charge in [0.1, 0.15) is 0 Å². The van der Waals surface area contributed by atoms with Gasteiger partial charge in [-0.15, -0.1) is 0 Å². The van der Waals surface area contributed by atoms with E-state index in [4.69, 9.17) is 34.7 Å². The van der Waals surface area contributed by atoms with Gasteiger partial charge in [-0.1, -0.05) is 59.6 Å². The highest BCUT2D eigenvalue weighted by Gasteiger charge is 2.09. The van der Waals surface area contributed by atoms with Crippen LogP contribution in [0.2, 0.25) is 10.0 Å². The predicted molar refractivity (Wildman–Crippen MR) is 96.2 cm³/mol. The molecule has 22 heavy (non-hydrogen) atoms. The number of rotatable bonds is 2. The van der Waals surface area contributed by atoms with E-state index in [1.807, 2.05) is 60.7 Å². The van der Waals surface area contributed by atoms with Crippen molar-refractivity contribution in [2.75, 3.05) is 11.5 Å². The first-order valence-electron chi connectivity index (χ1n) is 6.76. The lowest BCUT2D eigenvalue weighted by atomic mass is 9.94. The topological polar surface area (TPSA) is 52.0 Å². The van der Waals surface area contributed by atoms with Crippen LogP contribution in [0.5, 0.6) is 0 Å². The highest BCUT2D eigenvalue weighted by molar-refractivity contribution is 6.33. The number of hydrogen-bond donors (Lipinski definition) is 2. The molecule has 3 aromatic rings. The minimum atomic E-state index is 0.544. The highest BCUT2D eigenvalue weighted by Crippen LogP contribution is 2.36. The number of benzene rings is 3. The Labute approximate surface area is 139 Å². The van der Waals surface area contributed by atoms with Crippen molar-refractivity contribution in [3.05, 3.63) is 70.7 Å². The standard InChI is InChI=1S/C18H14Cl2N2/c19-15-9-11(5-7-17(15)21)13-3-1-2-4-14(13)12-6-8-18(22)16(20)10-12/h1-10H,21-22H2. The Morgan fingerprint density at radius 3 is 1.36 bits per heavy atom. The van der Waals surface area contributed by atoms with Gasteiger partial charge < -0.3 is 11.5 Å². The molecule has 0 atom stereocenters. The molecule has 3 rings (SSSR count). The fourth-order valence-corrected chi connectivity index (χ4v) is 2.74. The van der Waals surface area contributed by atoms with Gasteiger partial charge in [-0.3, -0.25) is 0 Å². The molecule has 0 saturated heterocycles. The molecule has 0 saturated carbocycles. The largest absolute Gasteiger partial charge is 0.398 e. The van der Waals surface area contributed by atoms with Crippen molar-refractivity contribution in [1.82, 2.24) is 0 Å². The zero-order chi connectivity index (χ0) is 15.7. The quantitative estimate of drug-likeness (QED) is 0.611. The summed E-state index contributed by atoms with van der Waals surface area (Å²) < 4.78 is 0. The van der Waals surface area contributed by atoms with E-state index in [2.05, 4.69) is 0 Å². The molecule has 0 amide bonds. The van der Waals surface area contributed by atoms with E-state index in [1.165, 1.54) is 0 Å². The second-order valence-electron chi connectivity index (χ2n) is 5.02. The molecule has 0 spiro atoms. The van der Waals surface area contributed by atoms with Crippen LogP contribution in [0.4, 0.5) is 11.4 Å². The maximum absolute atomic E-state index is 6.15. The third-order valence-corrected chi connectivity index (χ3v) is 4.20. The summed E-state index contributed by atoms with van der Waals surface area (Å²) in [7, 11) is 0. The van der Waals surface area contributed by atoms with E-state index in [1.54, 1.807) is 0 Å². The molecule has 0 aliphatic heterocycles. The second kappa shape index (κ2) is 5.91.